The van der Waals surface area contributed by atoms with E-state index < -0.39 is 0 Å². The monoisotopic (exact) mass is 404 g/mol. The lowest BCUT2D eigenvalue weighted by atomic mass is 10.2. The van der Waals surface area contributed by atoms with Crippen LogP contribution in [0.1, 0.15) is 5.56 Å². The highest BCUT2D eigenvalue weighted by Crippen LogP contribution is 2.29. The Balaban J connectivity index is 1.55. The van der Waals surface area contributed by atoms with Crippen molar-refractivity contribution in [3.63, 3.8) is 0 Å². The van der Waals surface area contributed by atoms with Crippen LogP contribution >= 0.6 is 23.1 Å². The molecule has 0 unspecified atom stereocenters. The van der Waals surface area contributed by atoms with Crippen LogP contribution in [0.3, 0.4) is 0 Å². The number of amides is 1. The summed E-state index contributed by atoms with van der Waals surface area (Å²) in [7, 11) is 1.56. The molecule has 0 spiro atoms. The van der Waals surface area contributed by atoms with Crippen LogP contribution in [-0.2, 0) is 4.79 Å². The number of halogens is 1. The zero-order valence-corrected chi connectivity index (χ0v) is 16.3. The number of methoxy groups -OCH3 is 1. The van der Waals surface area contributed by atoms with E-state index in [1.165, 1.54) is 35.2 Å². The number of anilines is 3. The standard InChI is InChI=1S/C18H17FN4O2S2/c1-11-6-7-15(25-2)14(8-11)21-16(24)10-26-18-23-22-17(27-18)20-13-5-3-4-12(19)9-13/h3-9H,10H2,1-2H3,(H,20,22)(H,21,24). The Hall–Kier alpha value is -2.65. The Morgan fingerprint density at radius 1 is 1.26 bits per heavy atom. The number of ether oxygens (including phenoxy) is 1. The molecule has 0 saturated heterocycles. The number of aromatic nitrogens is 2. The fourth-order valence-corrected chi connectivity index (χ4v) is 3.81. The van der Waals surface area contributed by atoms with E-state index in [0.717, 1.165) is 5.56 Å². The number of hydrogen-bond donors (Lipinski definition) is 2. The van der Waals surface area contributed by atoms with Gasteiger partial charge in [-0.2, -0.15) is 0 Å². The maximum absolute atomic E-state index is 13.2. The molecule has 1 aromatic heterocycles. The predicted molar refractivity (Wildman–Crippen MR) is 107 cm³/mol. The van der Waals surface area contributed by atoms with Crippen molar-refractivity contribution < 1.29 is 13.9 Å². The van der Waals surface area contributed by atoms with Crippen molar-refractivity contribution in [1.82, 2.24) is 10.2 Å². The smallest absolute Gasteiger partial charge is 0.234 e. The van der Waals surface area contributed by atoms with Gasteiger partial charge in [0.1, 0.15) is 11.6 Å². The second kappa shape index (κ2) is 8.83. The minimum atomic E-state index is -0.331. The SMILES string of the molecule is COc1ccc(C)cc1NC(=O)CSc1nnc(Nc2cccc(F)c2)s1. The average Bonchev–Trinajstić information content (AvgIpc) is 3.08. The zero-order valence-electron chi connectivity index (χ0n) is 14.7. The van der Waals surface area contributed by atoms with Crippen LogP contribution in [0.15, 0.2) is 46.8 Å². The fourth-order valence-electron chi connectivity index (χ4n) is 2.24. The molecule has 3 aromatic rings. The molecule has 2 aromatic carbocycles. The molecule has 0 fully saturated rings. The number of thioether (sulfide) groups is 1. The number of nitrogens with zero attached hydrogens (tertiary/aromatic N) is 2. The Labute approximate surface area is 164 Å². The van der Waals surface area contributed by atoms with E-state index in [1.54, 1.807) is 19.2 Å². The number of hydrogen-bond acceptors (Lipinski definition) is 7. The molecule has 27 heavy (non-hydrogen) atoms. The highest BCUT2D eigenvalue weighted by atomic mass is 32.2. The van der Waals surface area contributed by atoms with E-state index >= 15 is 0 Å². The molecular formula is C18H17FN4O2S2. The number of aryl methyl sites for hydroxylation is 1. The Bertz CT molecular complexity index is 949. The zero-order chi connectivity index (χ0) is 19.2. The van der Waals surface area contributed by atoms with Crippen molar-refractivity contribution in [3.8, 4) is 5.75 Å². The van der Waals surface area contributed by atoms with Crippen LogP contribution < -0.4 is 15.4 Å². The third-order valence-corrected chi connectivity index (χ3v) is 5.41. The Morgan fingerprint density at radius 2 is 2.11 bits per heavy atom. The molecule has 0 atom stereocenters. The minimum absolute atomic E-state index is 0.168. The Morgan fingerprint density at radius 3 is 2.89 bits per heavy atom. The van der Waals surface area contributed by atoms with Crippen LogP contribution in [0.2, 0.25) is 0 Å². The van der Waals surface area contributed by atoms with Gasteiger partial charge in [-0.05, 0) is 42.8 Å². The summed E-state index contributed by atoms with van der Waals surface area (Å²) in [6.07, 6.45) is 0. The van der Waals surface area contributed by atoms with E-state index in [0.29, 0.717) is 26.6 Å². The molecule has 9 heteroatoms. The molecular weight excluding hydrogens is 387 g/mol. The van der Waals surface area contributed by atoms with Crippen molar-refractivity contribution in [3.05, 3.63) is 53.8 Å². The number of benzene rings is 2. The van der Waals surface area contributed by atoms with Gasteiger partial charge in [0.2, 0.25) is 11.0 Å². The first-order valence-electron chi connectivity index (χ1n) is 7.97. The maximum Gasteiger partial charge on any atom is 0.234 e. The fraction of sp³-hybridized carbons (Fsp3) is 0.167. The van der Waals surface area contributed by atoms with Gasteiger partial charge in [0.15, 0.2) is 4.34 Å². The van der Waals surface area contributed by atoms with Gasteiger partial charge in [0, 0.05) is 5.69 Å². The lowest BCUT2D eigenvalue weighted by Gasteiger charge is -2.10. The molecule has 1 amide bonds. The first-order chi connectivity index (χ1) is 13.0. The minimum Gasteiger partial charge on any atom is -0.495 e. The van der Waals surface area contributed by atoms with E-state index in [2.05, 4.69) is 20.8 Å². The summed E-state index contributed by atoms with van der Waals surface area (Å²) in [5.41, 5.74) is 2.25. The van der Waals surface area contributed by atoms with E-state index in [4.69, 9.17) is 4.74 Å². The van der Waals surface area contributed by atoms with E-state index in [-0.39, 0.29) is 17.5 Å². The van der Waals surface area contributed by atoms with Gasteiger partial charge in [0.25, 0.3) is 0 Å². The van der Waals surface area contributed by atoms with Crippen LogP contribution in [0, 0.1) is 12.7 Å². The summed E-state index contributed by atoms with van der Waals surface area (Å²) < 4.78 is 19.1. The van der Waals surface area contributed by atoms with Gasteiger partial charge in [-0.1, -0.05) is 35.2 Å². The van der Waals surface area contributed by atoms with Crippen molar-refractivity contribution in [2.75, 3.05) is 23.5 Å². The van der Waals surface area contributed by atoms with Crippen molar-refractivity contribution in [2.45, 2.75) is 11.3 Å². The van der Waals surface area contributed by atoms with Gasteiger partial charge in [0.05, 0.1) is 18.6 Å². The highest BCUT2D eigenvalue weighted by Gasteiger charge is 2.11. The largest absolute Gasteiger partial charge is 0.495 e. The van der Waals surface area contributed by atoms with Crippen molar-refractivity contribution in [2.24, 2.45) is 0 Å². The number of nitrogens with one attached hydrogen (secondary N) is 2. The normalized spacial score (nSPS) is 10.5. The predicted octanol–water partition coefficient (Wildman–Crippen LogP) is 4.47. The summed E-state index contributed by atoms with van der Waals surface area (Å²) in [6, 6.07) is 11.7. The summed E-state index contributed by atoms with van der Waals surface area (Å²) in [4.78, 5) is 12.2. The van der Waals surface area contributed by atoms with E-state index in [1.807, 2.05) is 25.1 Å². The van der Waals surface area contributed by atoms with E-state index in [9.17, 15) is 9.18 Å². The van der Waals surface area contributed by atoms with Gasteiger partial charge >= 0.3 is 0 Å². The molecule has 0 radical (unpaired) electrons. The summed E-state index contributed by atoms with van der Waals surface area (Å²) in [6.45, 7) is 1.94. The van der Waals surface area contributed by atoms with Crippen LogP contribution in [-0.4, -0.2) is 29.0 Å². The molecule has 6 nitrogen and oxygen atoms in total. The second-order valence-corrected chi connectivity index (χ2v) is 7.75. The second-order valence-electron chi connectivity index (χ2n) is 5.55. The highest BCUT2D eigenvalue weighted by molar-refractivity contribution is 8.01. The lowest BCUT2D eigenvalue weighted by molar-refractivity contribution is -0.113. The first kappa shape index (κ1) is 19.1. The molecule has 1 heterocycles. The summed E-state index contributed by atoms with van der Waals surface area (Å²) in [5.74, 6) is 0.295. The van der Waals surface area contributed by atoms with Crippen LogP contribution in [0.25, 0.3) is 0 Å². The van der Waals surface area contributed by atoms with Crippen LogP contribution in [0.5, 0.6) is 5.75 Å². The van der Waals surface area contributed by atoms with Crippen molar-refractivity contribution in [1.29, 1.82) is 0 Å². The molecule has 0 saturated carbocycles. The lowest BCUT2D eigenvalue weighted by Crippen LogP contribution is -2.14. The quantitative estimate of drug-likeness (QED) is 0.566. The third kappa shape index (κ3) is 5.41. The van der Waals surface area contributed by atoms with Crippen molar-refractivity contribution >= 4 is 45.5 Å². The average molecular weight is 404 g/mol. The number of carbonyl (C=O) groups is 1. The third-order valence-electron chi connectivity index (χ3n) is 3.44. The topological polar surface area (TPSA) is 76.1 Å². The molecule has 0 aliphatic rings. The molecule has 0 bridgehead atoms. The van der Waals surface area contributed by atoms with Gasteiger partial charge < -0.3 is 15.4 Å². The molecule has 140 valence electrons. The Kier molecular flexibility index (Phi) is 6.25. The molecule has 0 aliphatic carbocycles. The van der Waals surface area contributed by atoms with Gasteiger partial charge in [-0.25, -0.2) is 4.39 Å². The number of rotatable bonds is 7. The van der Waals surface area contributed by atoms with Gasteiger partial charge in [-0.3, -0.25) is 4.79 Å². The number of carbonyl (C=O) groups excluding carboxylic acids is 1. The maximum atomic E-state index is 13.2. The summed E-state index contributed by atoms with van der Waals surface area (Å²) >= 11 is 2.57. The van der Waals surface area contributed by atoms with Crippen LogP contribution in [0.4, 0.5) is 20.9 Å². The molecule has 3 rings (SSSR count). The molecule has 2 N–H and O–H groups in total. The molecule has 0 aliphatic heterocycles. The first-order valence-corrected chi connectivity index (χ1v) is 9.77. The summed E-state index contributed by atoms with van der Waals surface area (Å²) in [5, 5.41) is 14.4. The van der Waals surface area contributed by atoms with Gasteiger partial charge in [-0.15, -0.1) is 10.2 Å².